The summed E-state index contributed by atoms with van der Waals surface area (Å²) in [6.45, 7) is 9.42. The van der Waals surface area contributed by atoms with Gasteiger partial charge in [-0.05, 0) is 57.6 Å². The van der Waals surface area contributed by atoms with E-state index in [0.717, 1.165) is 35.9 Å². The number of benzene rings is 1. The van der Waals surface area contributed by atoms with Crippen LogP contribution in [0.2, 0.25) is 5.02 Å². The third-order valence-corrected chi connectivity index (χ3v) is 4.88. The van der Waals surface area contributed by atoms with E-state index in [1.807, 2.05) is 26.1 Å². The lowest BCUT2D eigenvalue weighted by Crippen LogP contribution is -2.28. The fourth-order valence-corrected chi connectivity index (χ4v) is 3.62. The van der Waals surface area contributed by atoms with Crippen LogP contribution in [-0.4, -0.2) is 37.6 Å². The molecule has 0 aliphatic carbocycles. The summed E-state index contributed by atoms with van der Waals surface area (Å²) in [5, 5.41) is 3.87. The molecule has 1 saturated heterocycles. The van der Waals surface area contributed by atoms with Gasteiger partial charge in [0.05, 0.1) is 12.7 Å². The van der Waals surface area contributed by atoms with Gasteiger partial charge in [-0.15, -0.1) is 0 Å². The Balaban J connectivity index is 2.38. The zero-order valence-electron chi connectivity index (χ0n) is 15.6. The molecule has 136 valence electrons. The van der Waals surface area contributed by atoms with Crippen LogP contribution < -0.4 is 5.32 Å². The van der Waals surface area contributed by atoms with Crippen molar-refractivity contribution in [3.63, 3.8) is 0 Å². The molecule has 2 rings (SSSR count). The largest absolute Gasteiger partial charge is 0.349 e. The third-order valence-electron chi connectivity index (χ3n) is 4.55. The summed E-state index contributed by atoms with van der Waals surface area (Å²) in [5.74, 6) is 0.876. The molecule has 5 heteroatoms. The minimum absolute atomic E-state index is 0.226. The van der Waals surface area contributed by atoms with Crippen LogP contribution in [0.4, 0.5) is 0 Å². The molecule has 0 unspecified atom stereocenters. The maximum absolute atomic E-state index is 6.58. The first-order valence-corrected chi connectivity index (χ1v) is 9.31. The van der Waals surface area contributed by atoms with Crippen LogP contribution in [0.5, 0.6) is 0 Å². The molecule has 0 aromatic heterocycles. The highest BCUT2D eigenvalue weighted by atomic mass is 35.5. The van der Waals surface area contributed by atoms with Crippen LogP contribution in [0.25, 0.3) is 0 Å². The number of nitrogens with zero attached hydrogens (tertiary/aromatic N) is 3. The molecule has 0 radical (unpaired) electrons. The van der Waals surface area contributed by atoms with Crippen molar-refractivity contribution in [2.45, 2.75) is 45.6 Å². The smallest absolute Gasteiger partial charge is 0.130 e. The Morgan fingerprint density at radius 3 is 2.88 bits per heavy atom. The van der Waals surface area contributed by atoms with Gasteiger partial charge in [-0.1, -0.05) is 36.6 Å². The summed E-state index contributed by atoms with van der Waals surface area (Å²) >= 11 is 6.58. The van der Waals surface area contributed by atoms with Crippen molar-refractivity contribution in [2.24, 2.45) is 9.98 Å². The summed E-state index contributed by atoms with van der Waals surface area (Å²) in [5.41, 5.74) is 3.30. The lowest BCUT2D eigenvalue weighted by atomic mass is 9.99. The lowest BCUT2D eigenvalue weighted by Gasteiger charge is -2.33. The second-order valence-electron chi connectivity index (χ2n) is 6.56. The molecule has 1 N–H and O–H groups in total. The summed E-state index contributed by atoms with van der Waals surface area (Å²) < 4.78 is 0. The second kappa shape index (κ2) is 9.73. The Morgan fingerprint density at radius 1 is 1.40 bits per heavy atom. The maximum Gasteiger partial charge on any atom is 0.130 e. The maximum atomic E-state index is 6.58. The highest BCUT2D eigenvalue weighted by Gasteiger charge is 2.26. The zero-order valence-corrected chi connectivity index (χ0v) is 16.3. The molecular weight excluding hydrogens is 332 g/mol. The molecule has 0 bridgehead atoms. The van der Waals surface area contributed by atoms with E-state index in [9.17, 15) is 0 Å². The summed E-state index contributed by atoms with van der Waals surface area (Å²) in [6.07, 6.45) is 6.67. The SMILES string of the molecule is C=N/C(=C\C(C)=NCNC)N1CCCCC[C@@H]1c1ccc(C)cc1Cl. The van der Waals surface area contributed by atoms with Gasteiger partial charge in [0.1, 0.15) is 5.82 Å². The first-order chi connectivity index (χ1) is 12.1. The van der Waals surface area contributed by atoms with Crippen LogP contribution in [-0.2, 0) is 0 Å². The Kier molecular flexibility index (Phi) is 7.66. The summed E-state index contributed by atoms with van der Waals surface area (Å²) in [4.78, 5) is 11.1. The van der Waals surface area contributed by atoms with Gasteiger partial charge in [0.25, 0.3) is 0 Å². The van der Waals surface area contributed by atoms with E-state index in [1.165, 1.54) is 24.0 Å². The molecule has 0 amide bonds. The number of halogens is 1. The molecule has 1 heterocycles. The predicted octanol–water partition coefficient (Wildman–Crippen LogP) is 4.75. The van der Waals surface area contributed by atoms with Crippen molar-refractivity contribution in [2.75, 3.05) is 20.3 Å². The fraction of sp³-hybridized carbons (Fsp3) is 0.500. The van der Waals surface area contributed by atoms with Gasteiger partial charge in [-0.2, -0.15) is 0 Å². The number of likely N-dealkylation sites (tertiary alicyclic amines) is 1. The number of aliphatic imine (C=N–C) groups is 2. The first-order valence-electron chi connectivity index (χ1n) is 8.93. The van der Waals surface area contributed by atoms with Gasteiger partial charge in [-0.25, -0.2) is 4.99 Å². The molecule has 1 aliphatic heterocycles. The van der Waals surface area contributed by atoms with Gasteiger partial charge in [-0.3, -0.25) is 4.99 Å². The molecule has 1 atom stereocenters. The topological polar surface area (TPSA) is 40.0 Å². The van der Waals surface area contributed by atoms with E-state index in [1.54, 1.807) is 0 Å². The first kappa shape index (κ1) is 19.7. The third kappa shape index (κ3) is 5.41. The van der Waals surface area contributed by atoms with Crippen molar-refractivity contribution in [1.82, 2.24) is 10.2 Å². The van der Waals surface area contributed by atoms with Crippen molar-refractivity contribution in [1.29, 1.82) is 0 Å². The number of rotatable bonds is 6. The van der Waals surface area contributed by atoms with Crippen molar-refractivity contribution < 1.29 is 0 Å². The molecule has 25 heavy (non-hydrogen) atoms. The quantitative estimate of drug-likeness (QED) is 0.744. The van der Waals surface area contributed by atoms with Gasteiger partial charge < -0.3 is 10.2 Å². The van der Waals surface area contributed by atoms with Crippen LogP contribution in [0.1, 0.15) is 49.8 Å². The highest BCUT2D eigenvalue weighted by Crippen LogP contribution is 2.37. The van der Waals surface area contributed by atoms with Gasteiger partial charge >= 0.3 is 0 Å². The van der Waals surface area contributed by atoms with Crippen LogP contribution in [0, 0.1) is 6.92 Å². The number of hydrogen-bond acceptors (Lipinski definition) is 4. The Morgan fingerprint density at radius 2 is 2.20 bits per heavy atom. The second-order valence-corrected chi connectivity index (χ2v) is 6.96. The highest BCUT2D eigenvalue weighted by molar-refractivity contribution is 6.31. The van der Waals surface area contributed by atoms with Gasteiger partial charge in [0.15, 0.2) is 0 Å². The molecule has 1 aliphatic rings. The standard InChI is InChI=1S/C20H29ClN4/c1-15-9-10-17(18(21)12-15)19-8-6-5-7-11-25(19)20(23-4)13-16(2)24-14-22-3/h9-10,12-13,19,22H,4-8,11,14H2,1-3H3/b20-13+,24-16?/t19-/m1/s1. The number of allylic oxidation sites excluding steroid dienone is 1. The van der Waals surface area contributed by atoms with E-state index < -0.39 is 0 Å². The number of hydrogen-bond donors (Lipinski definition) is 1. The van der Waals surface area contributed by atoms with Crippen molar-refractivity contribution in [3.8, 4) is 0 Å². The molecule has 0 saturated carbocycles. The fourth-order valence-electron chi connectivity index (χ4n) is 3.26. The van der Waals surface area contributed by atoms with Crippen molar-refractivity contribution in [3.05, 3.63) is 46.2 Å². The molecule has 0 spiro atoms. The Labute approximate surface area is 156 Å². The van der Waals surface area contributed by atoms with Gasteiger partial charge in [0.2, 0.25) is 0 Å². The molecule has 1 aromatic carbocycles. The lowest BCUT2D eigenvalue weighted by molar-refractivity contribution is 0.258. The van der Waals surface area contributed by atoms with Crippen LogP contribution >= 0.6 is 11.6 Å². The molecule has 1 aromatic rings. The minimum Gasteiger partial charge on any atom is -0.349 e. The zero-order chi connectivity index (χ0) is 18.2. The average molecular weight is 361 g/mol. The summed E-state index contributed by atoms with van der Waals surface area (Å²) in [6, 6.07) is 6.56. The van der Waals surface area contributed by atoms with E-state index in [4.69, 9.17) is 11.6 Å². The van der Waals surface area contributed by atoms with Crippen LogP contribution in [0.15, 0.2) is 40.1 Å². The molecule has 4 nitrogen and oxygen atoms in total. The molecule has 1 fully saturated rings. The Bertz CT molecular complexity index is 651. The minimum atomic E-state index is 0.226. The number of nitrogens with one attached hydrogen (secondary N) is 1. The summed E-state index contributed by atoms with van der Waals surface area (Å²) in [7, 11) is 1.89. The number of aryl methyl sites for hydroxylation is 1. The van der Waals surface area contributed by atoms with E-state index >= 15 is 0 Å². The normalized spacial score (nSPS) is 19.7. The monoisotopic (exact) mass is 360 g/mol. The van der Waals surface area contributed by atoms with E-state index in [0.29, 0.717) is 6.67 Å². The molecular formula is C20H29ClN4. The van der Waals surface area contributed by atoms with Crippen molar-refractivity contribution >= 4 is 24.0 Å². The van der Waals surface area contributed by atoms with E-state index in [2.05, 4.69) is 46.0 Å². The predicted molar refractivity (Wildman–Crippen MR) is 109 cm³/mol. The average Bonchev–Trinajstić information content (AvgIpc) is 2.83. The Hall–Kier alpha value is -1.65. The van der Waals surface area contributed by atoms with Gasteiger partial charge in [0, 0.05) is 23.4 Å². The van der Waals surface area contributed by atoms with E-state index in [-0.39, 0.29) is 6.04 Å². The van der Waals surface area contributed by atoms with Crippen LogP contribution in [0.3, 0.4) is 0 Å².